The lowest BCUT2D eigenvalue weighted by molar-refractivity contribution is -0.143. The Morgan fingerprint density at radius 3 is 2.29 bits per heavy atom. The molecule has 0 N–H and O–H groups in total. The molecule has 0 aliphatic carbocycles. The van der Waals surface area contributed by atoms with Crippen molar-refractivity contribution in [2.24, 2.45) is 0 Å². The summed E-state index contributed by atoms with van der Waals surface area (Å²) in [5.74, 6) is -1.98. The Hall–Kier alpha value is -3.48. The second-order valence-corrected chi connectivity index (χ2v) is 6.36. The molecule has 1 aliphatic heterocycles. The van der Waals surface area contributed by atoms with E-state index in [4.69, 9.17) is 4.74 Å². The molecule has 0 bridgehead atoms. The van der Waals surface area contributed by atoms with Gasteiger partial charge in [-0.2, -0.15) is 0 Å². The molecule has 1 aliphatic rings. The number of amides is 3. The van der Waals surface area contributed by atoms with E-state index in [1.54, 1.807) is 31.3 Å². The van der Waals surface area contributed by atoms with Crippen LogP contribution in [0, 0.1) is 0 Å². The summed E-state index contributed by atoms with van der Waals surface area (Å²) in [5, 5.41) is 0. The van der Waals surface area contributed by atoms with Crippen molar-refractivity contribution < 1.29 is 23.9 Å². The number of carbonyl (C=O) groups excluding carboxylic acids is 4. The van der Waals surface area contributed by atoms with Crippen LogP contribution in [0.25, 0.3) is 0 Å². The normalized spacial score (nSPS) is 13.3. The van der Waals surface area contributed by atoms with Crippen LogP contribution in [0.2, 0.25) is 0 Å². The molecule has 28 heavy (non-hydrogen) atoms. The van der Waals surface area contributed by atoms with E-state index < -0.39 is 18.5 Å². The van der Waals surface area contributed by atoms with Gasteiger partial charge < -0.3 is 9.64 Å². The predicted molar refractivity (Wildman–Crippen MR) is 102 cm³/mol. The van der Waals surface area contributed by atoms with Crippen molar-refractivity contribution in [2.75, 3.05) is 25.1 Å². The highest BCUT2D eigenvalue weighted by Crippen LogP contribution is 2.18. The Balaban J connectivity index is 1.72. The minimum absolute atomic E-state index is 0.0656. The molecule has 0 aromatic heterocycles. The van der Waals surface area contributed by atoms with E-state index >= 15 is 0 Å². The average molecular weight is 380 g/mol. The van der Waals surface area contributed by atoms with Gasteiger partial charge in [0.2, 0.25) is 5.91 Å². The van der Waals surface area contributed by atoms with E-state index in [2.05, 4.69) is 0 Å². The first kappa shape index (κ1) is 19.3. The smallest absolute Gasteiger partial charge is 0.339 e. The van der Waals surface area contributed by atoms with Gasteiger partial charge in [-0.15, -0.1) is 0 Å². The van der Waals surface area contributed by atoms with Gasteiger partial charge >= 0.3 is 5.97 Å². The minimum atomic E-state index is -0.787. The summed E-state index contributed by atoms with van der Waals surface area (Å²) in [7, 11) is 1.61. The molecule has 2 aromatic rings. The Morgan fingerprint density at radius 2 is 1.64 bits per heavy atom. The number of rotatable bonds is 5. The van der Waals surface area contributed by atoms with Crippen LogP contribution < -0.4 is 4.90 Å². The van der Waals surface area contributed by atoms with Crippen molar-refractivity contribution in [3.05, 3.63) is 65.7 Å². The predicted octanol–water partition coefficient (Wildman–Crippen LogP) is 2.27. The first-order valence-electron chi connectivity index (χ1n) is 8.91. The van der Waals surface area contributed by atoms with Crippen molar-refractivity contribution in [1.29, 1.82) is 0 Å². The molecule has 0 atom stereocenters. The Bertz CT molecular complexity index is 910. The van der Waals surface area contributed by atoms with Crippen molar-refractivity contribution in [2.45, 2.75) is 12.8 Å². The van der Waals surface area contributed by atoms with Gasteiger partial charge in [-0.1, -0.05) is 30.3 Å². The summed E-state index contributed by atoms with van der Waals surface area (Å²) in [6, 6.07) is 15.3. The first-order chi connectivity index (χ1) is 13.5. The van der Waals surface area contributed by atoms with Gasteiger partial charge in [0, 0.05) is 25.7 Å². The summed E-state index contributed by atoms with van der Waals surface area (Å²) in [4.78, 5) is 51.5. The van der Waals surface area contributed by atoms with E-state index in [0.29, 0.717) is 25.1 Å². The molecule has 2 aromatic carbocycles. The molecule has 1 heterocycles. The Labute approximate surface area is 162 Å². The molecule has 0 saturated carbocycles. The number of anilines is 1. The molecule has 0 unspecified atom stereocenters. The van der Waals surface area contributed by atoms with E-state index in [1.807, 2.05) is 18.2 Å². The molecule has 0 radical (unpaired) electrons. The van der Waals surface area contributed by atoms with Gasteiger partial charge in [-0.25, -0.2) is 4.79 Å². The fourth-order valence-electron chi connectivity index (χ4n) is 2.99. The molecule has 1 fully saturated rings. The van der Waals surface area contributed by atoms with E-state index in [1.165, 1.54) is 17.0 Å². The molecule has 7 nitrogen and oxygen atoms in total. The number of imide groups is 1. The number of nitrogens with zero attached hydrogens (tertiary/aromatic N) is 2. The zero-order chi connectivity index (χ0) is 20.1. The molecular weight excluding hydrogens is 360 g/mol. The highest BCUT2D eigenvalue weighted by atomic mass is 16.5. The van der Waals surface area contributed by atoms with Gasteiger partial charge in [0.1, 0.15) is 0 Å². The van der Waals surface area contributed by atoms with Crippen LogP contribution in [-0.4, -0.2) is 48.8 Å². The maximum absolute atomic E-state index is 12.9. The average Bonchev–Trinajstić information content (AvgIpc) is 3.17. The van der Waals surface area contributed by atoms with Gasteiger partial charge in [-0.3, -0.25) is 19.3 Å². The van der Waals surface area contributed by atoms with Crippen LogP contribution in [0.15, 0.2) is 54.6 Å². The van der Waals surface area contributed by atoms with E-state index in [0.717, 1.165) is 4.90 Å². The van der Waals surface area contributed by atoms with Crippen LogP contribution in [-0.2, 0) is 14.3 Å². The van der Waals surface area contributed by atoms with E-state index in [9.17, 15) is 19.2 Å². The standard InChI is InChI=1S/C21H20N2O5/c1-22(15-8-3-2-4-9-15)20(26)16-10-5-6-11-17(16)21(27)28-14-19(25)23-13-7-12-18(23)24/h2-6,8-11H,7,12-14H2,1H3. The van der Waals surface area contributed by atoms with Gasteiger partial charge in [0.05, 0.1) is 11.1 Å². The fourth-order valence-corrected chi connectivity index (χ4v) is 2.99. The molecule has 3 amide bonds. The topological polar surface area (TPSA) is 84.0 Å². The molecule has 1 saturated heterocycles. The number of carbonyl (C=O) groups is 4. The summed E-state index contributed by atoms with van der Waals surface area (Å²) in [6.45, 7) is -0.201. The zero-order valence-corrected chi connectivity index (χ0v) is 15.5. The number of benzene rings is 2. The fraction of sp³-hybridized carbons (Fsp3) is 0.238. The second kappa shape index (κ2) is 8.47. The molecule has 0 spiro atoms. The van der Waals surface area contributed by atoms with Crippen molar-refractivity contribution in [1.82, 2.24) is 4.90 Å². The van der Waals surface area contributed by atoms with Crippen LogP contribution in [0.4, 0.5) is 5.69 Å². The molecule has 7 heteroatoms. The highest BCUT2D eigenvalue weighted by Gasteiger charge is 2.28. The minimum Gasteiger partial charge on any atom is -0.452 e. The van der Waals surface area contributed by atoms with Crippen molar-refractivity contribution >= 4 is 29.4 Å². The van der Waals surface area contributed by atoms with Crippen LogP contribution in [0.1, 0.15) is 33.6 Å². The maximum atomic E-state index is 12.9. The van der Waals surface area contributed by atoms with Gasteiger partial charge in [0.25, 0.3) is 11.8 Å². The summed E-state index contributed by atoms with van der Waals surface area (Å²) in [6.07, 6.45) is 0.935. The van der Waals surface area contributed by atoms with Gasteiger partial charge in [0.15, 0.2) is 6.61 Å². The number of likely N-dealkylation sites (tertiary alicyclic amines) is 1. The lowest BCUT2D eigenvalue weighted by atomic mass is 10.1. The third-order valence-corrected chi connectivity index (χ3v) is 4.53. The molecular formula is C21H20N2O5. The van der Waals surface area contributed by atoms with Crippen LogP contribution >= 0.6 is 0 Å². The quantitative estimate of drug-likeness (QED) is 0.743. The second-order valence-electron chi connectivity index (χ2n) is 6.36. The summed E-state index contributed by atoms with van der Waals surface area (Å²) in [5.41, 5.74) is 0.915. The SMILES string of the molecule is CN(C(=O)c1ccccc1C(=O)OCC(=O)N1CCCC1=O)c1ccccc1. The summed E-state index contributed by atoms with van der Waals surface area (Å²) >= 11 is 0. The third kappa shape index (κ3) is 4.09. The molecule has 144 valence electrons. The van der Waals surface area contributed by atoms with Crippen LogP contribution in [0.5, 0.6) is 0 Å². The summed E-state index contributed by atoms with van der Waals surface area (Å²) < 4.78 is 5.07. The maximum Gasteiger partial charge on any atom is 0.339 e. The number of esters is 1. The first-order valence-corrected chi connectivity index (χ1v) is 8.91. The van der Waals surface area contributed by atoms with Crippen molar-refractivity contribution in [3.63, 3.8) is 0 Å². The highest BCUT2D eigenvalue weighted by molar-refractivity contribution is 6.12. The van der Waals surface area contributed by atoms with E-state index in [-0.39, 0.29) is 22.9 Å². The molecule has 3 rings (SSSR count). The van der Waals surface area contributed by atoms with Gasteiger partial charge in [-0.05, 0) is 30.7 Å². The Morgan fingerprint density at radius 1 is 1.00 bits per heavy atom. The number of hydrogen-bond acceptors (Lipinski definition) is 5. The lowest BCUT2D eigenvalue weighted by Gasteiger charge is -2.19. The lowest BCUT2D eigenvalue weighted by Crippen LogP contribution is -2.35. The van der Waals surface area contributed by atoms with Crippen molar-refractivity contribution in [3.8, 4) is 0 Å². The third-order valence-electron chi connectivity index (χ3n) is 4.53. The zero-order valence-electron chi connectivity index (χ0n) is 15.5. The Kier molecular flexibility index (Phi) is 5.84. The number of ether oxygens (including phenoxy) is 1. The largest absolute Gasteiger partial charge is 0.452 e. The number of hydrogen-bond donors (Lipinski definition) is 0. The number of para-hydroxylation sites is 1. The van der Waals surface area contributed by atoms with Crippen LogP contribution in [0.3, 0.4) is 0 Å². The monoisotopic (exact) mass is 380 g/mol.